The van der Waals surface area contributed by atoms with Crippen LogP contribution in [-0.2, 0) is 4.74 Å². The Balaban J connectivity index is 2.32. The summed E-state index contributed by atoms with van der Waals surface area (Å²) in [5.74, 6) is 2.37. The van der Waals surface area contributed by atoms with E-state index in [0.717, 1.165) is 0 Å². The summed E-state index contributed by atoms with van der Waals surface area (Å²) in [4.78, 5) is 12.1. The van der Waals surface area contributed by atoms with Crippen molar-refractivity contribution < 1.29 is 23.0 Å². The molecule has 0 fully saturated rings. The number of hydrogen-bond acceptors (Lipinski definition) is 3. The van der Waals surface area contributed by atoms with Crippen LogP contribution in [0.1, 0.15) is 36.7 Å². The summed E-state index contributed by atoms with van der Waals surface area (Å²) >= 11 is 0. The Morgan fingerprint density at radius 1 is 1.15 bits per heavy atom. The van der Waals surface area contributed by atoms with Gasteiger partial charge >= 0.3 is 5.97 Å². The third kappa shape index (κ3) is 5.32. The van der Waals surface area contributed by atoms with Gasteiger partial charge < -0.3 is 9.47 Å². The van der Waals surface area contributed by atoms with E-state index in [1.807, 2.05) is 0 Å². The highest BCUT2D eigenvalue weighted by molar-refractivity contribution is 5.90. The van der Waals surface area contributed by atoms with Gasteiger partial charge in [-0.1, -0.05) is 18.1 Å². The number of rotatable bonds is 5. The average Bonchev–Trinajstić information content (AvgIpc) is 2.58. The van der Waals surface area contributed by atoms with E-state index >= 15 is 0 Å². The molecule has 0 amide bonds. The molecule has 0 heterocycles. The Labute approximate surface area is 151 Å². The summed E-state index contributed by atoms with van der Waals surface area (Å²) in [6.45, 7) is 4.66. The molecule has 2 aromatic carbocycles. The molecule has 0 aromatic heterocycles. The highest BCUT2D eigenvalue weighted by atomic mass is 19.3. The largest absolute Gasteiger partial charge is 0.487 e. The number of halogens is 2. The first kappa shape index (κ1) is 19.5. The van der Waals surface area contributed by atoms with Crippen LogP contribution in [0.5, 0.6) is 5.75 Å². The normalized spacial score (nSPS) is 11.1. The maximum absolute atomic E-state index is 12.5. The van der Waals surface area contributed by atoms with E-state index in [2.05, 4.69) is 5.92 Å². The molecule has 26 heavy (non-hydrogen) atoms. The van der Waals surface area contributed by atoms with Gasteiger partial charge in [0.2, 0.25) is 0 Å². The van der Waals surface area contributed by atoms with Crippen LogP contribution in [0.15, 0.2) is 42.5 Å². The van der Waals surface area contributed by atoms with Crippen LogP contribution >= 0.6 is 0 Å². The lowest BCUT2D eigenvalue weighted by Gasteiger charge is -2.19. The van der Waals surface area contributed by atoms with E-state index in [4.69, 9.17) is 15.9 Å². The molecule has 0 bridgehead atoms. The molecule has 136 valence electrons. The second-order valence-corrected chi connectivity index (χ2v) is 6.64. The summed E-state index contributed by atoms with van der Waals surface area (Å²) < 4.78 is 35.4. The second-order valence-electron chi connectivity index (χ2n) is 6.64. The first-order valence-electron chi connectivity index (χ1n) is 8.05. The monoisotopic (exact) mass is 358 g/mol. The van der Waals surface area contributed by atoms with E-state index in [-0.39, 0.29) is 0 Å². The molecule has 5 heteroatoms. The van der Waals surface area contributed by atoms with Crippen molar-refractivity contribution in [1.29, 1.82) is 0 Å². The van der Waals surface area contributed by atoms with E-state index in [1.165, 1.54) is 0 Å². The molecule has 0 N–H and O–H groups in total. The molecular weight excluding hydrogens is 338 g/mol. The van der Waals surface area contributed by atoms with Gasteiger partial charge in [0.15, 0.2) is 0 Å². The molecule has 0 aliphatic heterocycles. The van der Waals surface area contributed by atoms with Crippen LogP contribution in [-0.4, -0.2) is 24.6 Å². The van der Waals surface area contributed by atoms with Crippen molar-refractivity contribution >= 4 is 5.97 Å². The number of esters is 1. The molecule has 0 aliphatic carbocycles. The molecule has 3 nitrogen and oxygen atoms in total. The summed E-state index contributed by atoms with van der Waals surface area (Å²) in [5.41, 5.74) is 1.68. The van der Waals surface area contributed by atoms with Crippen LogP contribution < -0.4 is 4.74 Å². The number of alkyl halides is 2. The Morgan fingerprint density at radius 2 is 1.81 bits per heavy atom. The van der Waals surface area contributed by atoms with Gasteiger partial charge in [-0.15, -0.1) is 6.42 Å². The fourth-order valence-electron chi connectivity index (χ4n) is 2.25. The quantitative estimate of drug-likeness (QED) is 0.561. The van der Waals surface area contributed by atoms with Gasteiger partial charge in [-0.05, 0) is 56.7 Å². The maximum Gasteiger partial charge on any atom is 0.338 e. The lowest BCUT2D eigenvalue weighted by Crippen LogP contribution is -2.23. The van der Waals surface area contributed by atoms with Crippen molar-refractivity contribution in [2.45, 2.75) is 32.8 Å². The summed E-state index contributed by atoms with van der Waals surface area (Å²) in [6.07, 6.45) is 2.84. The minimum atomic E-state index is -2.58. The van der Waals surface area contributed by atoms with Gasteiger partial charge in [0.05, 0.1) is 5.56 Å². The predicted octanol–water partition coefficient (Wildman–Crippen LogP) is 4.93. The molecule has 0 radical (unpaired) electrons. The summed E-state index contributed by atoms with van der Waals surface area (Å²) in [7, 11) is 0. The predicted molar refractivity (Wildman–Crippen MR) is 96.5 cm³/mol. The van der Waals surface area contributed by atoms with Crippen LogP contribution in [0, 0.1) is 12.3 Å². The van der Waals surface area contributed by atoms with Crippen molar-refractivity contribution in [3.8, 4) is 29.2 Å². The third-order valence-electron chi connectivity index (χ3n) is 3.34. The fraction of sp³-hybridized carbons (Fsp3) is 0.286. The van der Waals surface area contributed by atoms with Crippen molar-refractivity contribution in [3.63, 3.8) is 0 Å². The van der Waals surface area contributed by atoms with E-state index in [0.29, 0.717) is 28.0 Å². The molecule has 2 aromatic rings. The van der Waals surface area contributed by atoms with Gasteiger partial charge in [0, 0.05) is 11.1 Å². The van der Waals surface area contributed by atoms with Crippen molar-refractivity contribution in [2.24, 2.45) is 0 Å². The smallest absolute Gasteiger partial charge is 0.338 e. The number of carbonyl (C=O) groups is 1. The minimum Gasteiger partial charge on any atom is -0.487 e. The maximum atomic E-state index is 12.5. The summed E-state index contributed by atoms with van der Waals surface area (Å²) in [6, 6.07) is 11.5. The highest BCUT2D eigenvalue weighted by Gasteiger charge is 2.18. The minimum absolute atomic E-state index is 0.300. The van der Waals surface area contributed by atoms with Gasteiger partial charge in [-0.3, -0.25) is 0 Å². The SMILES string of the molecule is C#Cc1ccc(OCC(F)F)c(-c2ccc(C(=O)OC(C)(C)C)cc2)c1. The van der Waals surface area contributed by atoms with E-state index < -0.39 is 24.6 Å². The lowest BCUT2D eigenvalue weighted by atomic mass is 10.0. The zero-order valence-corrected chi connectivity index (χ0v) is 14.9. The van der Waals surface area contributed by atoms with Gasteiger partial charge in [0.1, 0.15) is 18.0 Å². The van der Waals surface area contributed by atoms with Gasteiger partial charge in [0.25, 0.3) is 6.43 Å². The average molecular weight is 358 g/mol. The third-order valence-corrected chi connectivity index (χ3v) is 3.34. The molecule has 0 aliphatic rings. The molecule has 0 unspecified atom stereocenters. The molecule has 0 spiro atoms. The Bertz CT molecular complexity index is 813. The number of hydrogen-bond donors (Lipinski definition) is 0. The fourth-order valence-corrected chi connectivity index (χ4v) is 2.25. The zero-order valence-electron chi connectivity index (χ0n) is 14.9. The van der Waals surface area contributed by atoms with Crippen molar-refractivity contribution in [3.05, 3.63) is 53.6 Å². The van der Waals surface area contributed by atoms with Crippen molar-refractivity contribution in [1.82, 2.24) is 0 Å². The number of carbonyl (C=O) groups excluding carboxylic acids is 1. The van der Waals surface area contributed by atoms with Crippen LogP contribution in [0.25, 0.3) is 11.1 Å². The number of benzene rings is 2. The topological polar surface area (TPSA) is 35.5 Å². The highest BCUT2D eigenvalue weighted by Crippen LogP contribution is 2.31. The van der Waals surface area contributed by atoms with Crippen LogP contribution in [0.4, 0.5) is 8.78 Å². The lowest BCUT2D eigenvalue weighted by molar-refractivity contribution is 0.00695. The molecule has 2 rings (SSSR count). The van der Waals surface area contributed by atoms with Crippen molar-refractivity contribution in [2.75, 3.05) is 6.61 Å². The first-order valence-corrected chi connectivity index (χ1v) is 8.05. The Hall–Kier alpha value is -2.87. The summed E-state index contributed by atoms with van der Waals surface area (Å²) in [5, 5.41) is 0. The second kappa shape index (κ2) is 8.01. The zero-order chi connectivity index (χ0) is 19.3. The van der Waals surface area contributed by atoms with E-state index in [1.54, 1.807) is 63.2 Å². The molecular formula is C21H20F2O3. The van der Waals surface area contributed by atoms with E-state index in [9.17, 15) is 13.6 Å². The Morgan fingerprint density at radius 3 is 2.35 bits per heavy atom. The molecule has 0 saturated heterocycles. The van der Waals surface area contributed by atoms with Gasteiger partial charge in [-0.25, -0.2) is 13.6 Å². The Kier molecular flexibility index (Phi) is 5.99. The standard InChI is InChI=1S/C21H20F2O3/c1-5-14-6-11-18(25-13-19(22)23)17(12-14)15-7-9-16(10-8-15)20(24)26-21(2,3)4/h1,6-12,19H,13H2,2-4H3. The van der Waals surface area contributed by atoms with Gasteiger partial charge in [-0.2, -0.15) is 0 Å². The first-order chi connectivity index (χ1) is 12.2. The molecule has 0 saturated carbocycles. The number of terminal acetylenes is 1. The molecule has 0 atom stereocenters. The number of ether oxygens (including phenoxy) is 2. The van der Waals surface area contributed by atoms with Crippen LogP contribution in [0.3, 0.4) is 0 Å². The van der Waals surface area contributed by atoms with Crippen LogP contribution in [0.2, 0.25) is 0 Å².